The molecule has 0 fully saturated rings. The summed E-state index contributed by atoms with van der Waals surface area (Å²) >= 11 is 0. The maximum absolute atomic E-state index is 13.5. The molecule has 35 heavy (non-hydrogen) atoms. The number of anilines is 1. The zero-order valence-electron chi connectivity index (χ0n) is 18.8. The van der Waals surface area contributed by atoms with Crippen molar-refractivity contribution in [1.82, 2.24) is 19.9 Å². The standard InChI is InChI=1S/C28H21N5O2/c34-27-19-8-2-3-10-22(19)32-25-20(27)16-33(26(25)24-13-17-7-1-4-11-23(17)35-24)28-30-14-18(15-31-28)21-9-5-6-12-29-21/h1-12,14-15,24,26H,13,16H2,(H,32,34)/t24-,26?/m1/s1. The van der Waals surface area contributed by atoms with Gasteiger partial charge in [-0.3, -0.25) is 9.78 Å². The van der Waals surface area contributed by atoms with Gasteiger partial charge >= 0.3 is 0 Å². The van der Waals surface area contributed by atoms with Crippen LogP contribution in [0.3, 0.4) is 0 Å². The summed E-state index contributed by atoms with van der Waals surface area (Å²) < 4.78 is 6.42. The number of H-pyrrole nitrogens is 1. The topological polar surface area (TPSA) is 84.0 Å². The van der Waals surface area contributed by atoms with Crippen molar-refractivity contribution >= 4 is 16.9 Å². The summed E-state index contributed by atoms with van der Waals surface area (Å²) in [6.07, 6.45) is 5.89. The van der Waals surface area contributed by atoms with Crippen molar-refractivity contribution in [2.24, 2.45) is 0 Å². The van der Waals surface area contributed by atoms with Crippen molar-refractivity contribution in [3.63, 3.8) is 0 Å². The van der Waals surface area contributed by atoms with E-state index in [9.17, 15) is 4.79 Å². The molecule has 0 bridgehead atoms. The van der Waals surface area contributed by atoms with Crippen molar-refractivity contribution in [2.45, 2.75) is 25.1 Å². The quantitative estimate of drug-likeness (QED) is 0.429. The fourth-order valence-corrected chi connectivity index (χ4v) is 5.23. The van der Waals surface area contributed by atoms with Gasteiger partial charge in [-0.1, -0.05) is 36.4 Å². The van der Waals surface area contributed by atoms with Crippen LogP contribution in [0.2, 0.25) is 0 Å². The molecule has 0 saturated carbocycles. The Hall–Kier alpha value is -4.52. The molecule has 170 valence electrons. The number of aromatic nitrogens is 4. The first-order valence-corrected chi connectivity index (χ1v) is 11.6. The van der Waals surface area contributed by atoms with Crippen LogP contribution in [0.4, 0.5) is 5.95 Å². The fourth-order valence-electron chi connectivity index (χ4n) is 5.23. The SMILES string of the molecule is O=c1c2c([nH]c3ccccc13)C([C@H]1Cc3ccccc3O1)N(c1ncc(-c3ccccn3)cn1)C2. The van der Waals surface area contributed by atoms with E-state index in [1.54, 1.807) is 18.6 Å². The van der Waals surface area contributed by atoms with Crippen LogP contribution in [0.1, 0.15) is 22.9 Å². The molecule has 2 aliphatic heterocycles. The average molecular weight is 460 g/mol. The molecule has 5 aromatic rings. The van der Waals surface area contributed by atoms with Gasteiger partial charge in [-0.05, 0) is 35.9 Å². The third-order valence-corrected chi connectivity index (χ3v) is 6.88. The number of benzene rings is 2. The van der Waals surface area contributed by atoms with E-state index in [4.69, 9.17) is 14.7 Å². The Morgan fingerprint density at radius 1 is 0.914 bits per heavy atom. The van der Waals surface area contributed by atoms with Crippen LogP contribution in [0.5, 0.6) is 5.75 Å². The minimum atomic E-state index is -0.226. The smallest absolute Gasteiger partial charge is 0.226 e. The lowest BCUT2D eigenvalue weighted by Crippen LogP contribution is -2.35. The maximum atomic E-state index is 13.5. The van der Waals surface area contributed by atoms with Gasteiger partial charge in [0.25, 0.3) is 0 Å². The van der Waals surface area contributed by atoms with Gasteiger partial charge in [-0.15, -0.1) is 0 Å². The third kappa shape index (κ3) is 3.19. The number of ether oxygens (including phenoxy) is 1. The van der Waals surface area contributed by atoms with Gasteiger partial charge in [0, 0.05) is 47.0 Å². The molecule has 3 aromatic heterocycles. The molecule has 0 spiro atoms. The lowest BCUT2D eigenvalue weighted by Gasteiger charge is -2.29. The average Bonchev–Trinajstić information content (AvgIpc) is 3.51. The van der Waals surface area contributed by atoms with E-state index in [1.807, 2.05) is 60.7 Å². The van der Waals surface area contributed by atoms with Gasteiger partial charge < -0.3 is 14.6 Å². The summed E-state index contributed by atoms with van der Waals surface area (Å²) in [5.41, 5.74) is 5.31. The van der Waals surface area contributed by atoms with Crippen molar-refractivity contribution in [3.8, 4) is 17.0 Å². The molecular weight excluding hydrogens is 438 g/mol. The summed E-state index contributed by atoms with van der Waals surface area (Å²) in [6.45, 7) is 0.416. The fraction of sp³-hybridized carbons (Fsp3) is 0.143. The van der Waals surface area contributed by atoms with E-state index < -0.39 is 0 Å². The maximum Gasteiger partial charge on any atom is 0.226 e. The van der Waals surface area contributed by atoms with E-state index in [1.165, 1.54) is 5.56 Å². The number of hydrogen-bond donors (Lipinski definition) is 1. The third-order valence-electron chi connectivity index (χ3n) is 6.88. The first-order chi connectivity index (χ1) is 17.3. The van der Waals surface area contributed by atoms with Crippen LogP contribution in [-0.2, 0) is 13.0 Å². The molecular formula is C28H21N5O2. The monoisotopic (exact) mass is 459 g/mol. The predicted octanol–water partition coefficient (Wildman–Crippen LogP) is 4.45. The van der Waals surface area contributed by atoms with Crippen molar-refractivity contribution in [3.05, 3.63) is 112 Å². The molecule has 1 N–H and O–H groups in total. The van der Waals surface area contributed by atoms with E-state index in [0.717, 1.165) is 40.2 Å². The Balaban J connectivity index is 1.33. The van der Waals surface area contributed by atoms with E-state index in [-0.39, 0.29) is 17.6 Å². The minimum absolute atomic E-state index is 0.0440. The number of nitrogens with zero attached hydrogens (tertiary/aromatic N) is 4. The highest BCUT2D eigenvalue weighted by Crippen LogP contribution is 2.42. The summed E-state index contributed by atoms with van der Waals surface area (Å²) in [4.78, 5) is 32.9. The second-order valence-electron chi connectivity index (χ2n) is 8.92. The highest BCUT2D eigenvalue weighted by Gasteiger charge is 2.43. The molecule has 0 amide bonds. The summed E-state index contributed by atoms with van der Waals surface area (Å²) in [5, 5.41) is 0.689. The largest absolute Gasteiger partial charge is 0.487 e. The summed E-state index contributed by atoms with van der Waals surface area (Å²) in [7, 11) is 0. The zero-order chi connectivity index (χ0) is 23.4. The van der Waals surface area contributed by atoms with Gasteiger partial charge in [0.1, 0.15) is 17.9 Å². The zero-order valence-corrected chi connectivity index (χ0v) is 18.8. The van der Waals surface area contributed by atoms with Crippen LogP contribution in [0, 0.1) is 0 Å². The van der Waals surface area contributed by atoms with E-state index in [2.05, 4.69) is 20.9 Å². The van der Waals surface area contributed by atoms with Crippen LogP contribution >= 0.6 is 0 Å². The molecule has 7 rings (SSSR count). The van der Waals surface area contributed by atoms with E-state index >= 15 is 0 Å². The number of para-hydroxylation sites is 2. The number of hydrogen-bond acceptors (Lipinski definition) is 6. The van der Waals surface area contributed by atoms with Gasteiger partial charge in [0.05, 0.1) is 17.9 Å². The Morgan fingerprint density at radius 3 is 2.54 bits per heavy atom. The number of aromatic amines is 1. The number of fused-ring (bicyclic) bond motifs is 3. The first kappa shape index (κ1) is 19.9. The van der Waals surface area contributed by atoms with Crippen molar-refractivity contribution in [1.29, 1.82) is 0 Å². The number of nitrogens with one attached hydrogen (secondary N) is 1. The van der Waals surface area contributed by atoms with Crippen LogP contribution < -0.4 is 15.1 Å². The minimum Gasteiger partial charge on any atom is -0.487 e. The van der Waals surface area contributed by atoms with Gasteiger partial charge in [-0.25, -0.2) is 9.97 Å². The van der Waals surface area contributed by atoms with Crippen LogP contribution in [0.25, 0.3) is 22.2 Å². The van der Waals surface area contributed by atoms with Crippen molar-refractivity contribution < 1.29 is 4.74 Å². The molecule has 0 radical (unpaired) electrons. The Kier molecular flexibility index (Phi) is 4.42. The molecule has 1 unspecified atom stereocenters. The van der Waals surface area contributed by atoms with Crippen molar-refractivity contribution in [2.75, 3.05) is 4.90 Å². The molecule has 2 aliphatic rings. The second-order valence-corrected chi connectivity index (χ2v) is 8.92. The second kappa shape index (κ2) is 7.77. The number of pyridine rings is 2. The van der Waals surface area contributed by atoms with Crippen LogP contribution in [-0.4, -0.2) is 26.0 Å². The first-order valence-electron chi connectivity index (χ1n) is 11.6. The molecule has 2 aromatic carbocycles. The lowest BCUT2D eigenvalue weighted by atomic mass is 10.00. The Labute approximate surface area is 201 Å². The molecule has 7 heteroatoms. The molecule has 7 nitrogen and oxygen atoms in total. The normalized spacial score (nSPS) is 18.3. The van der Waals surface area contributed by atoms with Gasteiger partial charge in [0.2, 0.25) is 5.95 Å². The Bertz CT molecular complexity index is 1590. The molecule has 0 saturated heterocycles. The van der Waals surface area contributed by atoms with Crippen LogP contribution in [0.15, 0.2) is 90.1 Å². The molecule has 0 aliphatic carbocycles. The Morgan fingerprint density at radius 2 is 1.71 bits per heavy atom. The number of rotatable bonds is 3. The van der Waals surface area contributed by atoms with Gasteiger partial charge in [0.15, 0.2) is 5.43 Å². The highest BCUT2D eigenvalue weighted by atomic mass is 16.5. The highest BCUT2D eigenvalue weighted by molar-refractivity contribution is 5.80. The molecule has 5 heterocycles. The predicted molar refractivity (Wildman–Crippen MR) is 133 cm³/mol. The lowest BCUT2D eigenvalue weighted by molar-refractivity contribution is 0.195. The summed E-state index contributed by atoms with van der Waals surface area (Å²) in [5.74, 6) is 1.45. The molecule has 2 atom stereocenters. The van der Waals surface area contributed by atoms with E-state index in [0.29, 0.717) is 17.9 Å². The summed E-state index contributed by atoms with van der Waals surface area (Å²) in [6, 6.07) is 21.3. The van der Waals surface area contributed by atoms with Gasteiger partial charge in [-0.2, -0.15) is 0 Å².